The van der Waals surface area contributed by atoms with Gasteiger partial charge in [0.2, 0.25) is 10.0 Å². The predicted molar refractivity (Wildman–Crippen MR) is 122 cm³/mol. The summed E-state index contributed by atoms with van der Waals surface area (Å²) in [5.74, 6) is 0.114. The van der Waals surface area contributed by atoms with Crippen LogP contribution in [0.15, 0.2) is 66.0 Å². The summed E-state index contributed by atoms with van der Waals surface area (Å²) < 4.78 is 29.2. The Morgan fingerprint density at radius 2 is 1.84 bits per heavy atom. The smallest absolute Gasteiger partial charge is 0.256 e. The van der Waals surface area contributed by atoms with Crippen molar-refractivity contribution in [2.24, 2.45) is 0 Å². The lowest BCUT2D eigenvalue weighted by Crippen LogP contribution is -2.41. The summed E-state index contributed by atoms with van der Waals surface area (Å²) in [5.41, 5.74) is 1.54. The van der Waals surface area contributed by atoms with Crippen LogP contribution in [0, 0.1) is 0 Å². The largest absolute Gasteiger partial charge is 0.305 e. The molecule has 4 rings (SSSR count). The van der Waals surface area contributed by atoms with Gasteiger partial charge in [-0.05, 0) is 68.1 Å². The SMILES string of the molecule is CC1CCCCN1S(=O)(=O)c1ccc(C(=O)Nc2ccn(CCc3ccncc3)n2)cc1. The van der Waals surface area contributed by atoms with Gasteiger partial charge in [-0.2, -0.15) is 9.40 Å². The van der Waals surface area contributed by atoms with Crippen molar-refractivity contribution in [1.29, 1.82) is 0 Å². The molecule has 1 aliphatic heterocycles. The van der Waals surface area contributed by atoms with Crippen molar-refractivity contribution in [3.63, 3.8) is 0 Å². The van der Waals surface area contributed by atoms with Crippen molar-refractivity contribution < 1.29 is 13.2 Å². The monoisotopic (exact) mass is 453 g/mol. The fourth-order valence-electron chi connectivity index (χ4n) is 3.88. The standard InChI is InChI=1S/C23H27N5O3S/c1-18-4-2-3-15-28(18)32(30,31)21-7-5-20(6-8-21)23(29)25-22-12-17-27(26-22)16-11-19-9-13-24-14-10-19/h5-10,12-14,17-18H,2-4,11,15-16H2,1H3,(H,25,26,29). The molecule has 0 saturated carbocycles. The molecule has 2 aromatic heterocycles. The summed E-state index contributed by atoms with van der Waals surface area (Å²) in [6.45, 7) is 3.16. The molecule has 1 fully saturated rings. The second-order valence-corrected chi connectivity index (χ2v) is 9.90. The number of benzene rings is 1. The van der Waals surface area contributed by atoms with Gasteiger partial charge in [-0.25, -0.2) is 8.42 Å². The maximum absolute atomic E-state index is 12.9. The Balaban J connectivity index is 1.37. The molecule has 3 heterocycles. The number of nitrogens with one attached hydrogen (secondary N) is 1. The van der Waals surface area contributed by atoms with Gasteiger partial charge in [-0.15, -0.1) is 0 Å². The molecule has 1 aromatic carbocycles. The van der Waals surface area contributed by atoms with Crippen molar-refractivity contribution >= 4 is 21.7 Å². The lowest BCUT2D eigenvalue weighted by Gasteiger charge is -2.32. The predicted octanol–water partition coefficient (Wildman–Crippen LogP) is 3.34. The number of amides is 1. The Hall–Kier alpha value is -3.04. The fraction of sp³-hybridized carbons (Fsp3) is 0.348. The van der Waals surface area contributed by atoms with Gasteiger partial charge in [0.15, 0.2) is 5.82 Å². The highest BCUT2D eigenvalue weighted by Crippen LogP contribution is 2.25. The quantitative estimate of drug-likeness (QED) is 0.592. The van der Waals surface area contributed by atoms with E-state index in [-0.39, 0.29) is 16.8 Å². The molecule has 1 N–H and O–H groups in total. The fourth-order valence-corrected chi connectivity index (χ4v) is 5.58. The van der Waals surface area contributed by atoms with Crippen LogP contribution in [0.4, 0.5) is 5.82 Å². The third-order valence-corrected chi connectivity index (χ3v) is 7.75. The molecule has 1 unspecified atom stereocenters. The highest BCUT2D eigenvalue weighted by Gasteiger charge is 2.30. The Morgan fingerprint density at radius 1 is 1.09 bits per heavy atom. The molecule has 1 amide bonds. The van der Waals surface area contributed by atoms with E-state index in [0.717, 1.165) is 31.2 Å². The minimum absolute atomic E-state index is 0.00889. The number of sulfonamides is 1. The number of hydrogen-bond acceptors (Lipinski definition) is 5. The van der Waals surface area contributed by atoms with E-state index in [4.69, 9.17) is 0 Å². The maximum atomic E-state index is 12.9. The van der Waals surface area contributed by atoms with E-state index in [9.17, 15) is 13.2 Å². The molecule has 1 aliphatic rings. The Bertz CT molecular complexity index is 1160. The number of piperidine rings is 1. The number of carbonyl (C=O) groups is 1. The molecular formula is C23H27N5O3S. The molecule has 8 nitrogen and oxygen atoms in total. The second kappa shape index (κ2) is 9.62. The first-order chi connectivity index (χ1) is 15.4. The minimum atomic E-state index is -3.56. The first kappa shape index (κ1) is 22.2. The lowest BCUT2D eigenvalue weighted by molar-refractivity contribution is 0.102. The highest BCUT2D eigenvalue weighted by atomic mass is 32.2. The number of anilines is 1. The van der Waals surface area contributed by atoms with E-state index in [0.29, 0.717) is 24.5 Å². The van der Waals surface area contributed by atoms with Gasteiger partial charge in [0.05, 0.1) is 4.90 Å². The lowest BCUT2D eigenvalue weighted by atomic mass is 10.1. The summed E-state index contributed by atoms with van der Waals surface area (Å²) in [5, 5.41) is 7.15. The second-order valence-electron chi connectivity index (χ2n) is 8.01. The first-order valence-electron chi connectivity index (χ1n) is 10.8. The van der Waals surface area contributed by atoms with Crippen LogP contribution in [0.5, 0.6) is 0 Å². The van der Waals surface area contributed by atoms with E-state index >= 15 is 0 Å². The van der Waals surface area contributed by atoms with Crippen LogP contribution in [0.25, 0.3) is 0 Å². The molecule has 9 heteroatoms. The van der Waals surface area contributed by atoms with E-state index in [1.807, 2.05) is 25.3 Å². The molecule has 0 bridgehead atoms. The average Bonchev–Trinajstić information content (AvgIpc) is 3.26. The summed E-state index contributed by atoms with van der Waals surface area (Å²) in [6.07, 6.45) is 8.93. The Morgan fingerprint density at radius 3 is 2.56 bits per heavy atom. The number of nitrogens with zero attached hydrogens (tertiary/aromatic N) is 4. The van der Waals surface area contributed by atoms with Crippen molar-refractivity contribution in [3.05, 3.63) is 72.2 Å². The van der Waals surface area contributed by atoms with Crippen LogP contribution in [0.1, 0.15) is 42.1 Å². The third kappa shape index (κ3) is 5.05. The summed E-state index contributed by atoms with van der Waals surface area (Å²) in [6, 6.07) is 11.7. The zero-order chi connectivity index (χ0) is 22.6. The van der Waals surface area contributed by atoms with Crippen LogP contribution in [0.3, 0.4) is 0 Å². The molecule has 1 saturated heterocycles. The number of rotatable bonds is 7. The number of aryl methyl sites for hydroxylation is 2. The van der Waals surface area contributed by atoms with E-state index in [1.54, 1.807) is 27.4 Å². The Kier molecular flexibility index (Phi) is 6.66. The number of carbonyl (C=O) groups excluding carboxylic acids is 1. The van der Waals surface area contributed by atoms with Gasteiger partial charge in [0, 0.05) is 49.4 Å². The third-order valence-electron chi connectivity index (χ3n) is 5.73. The van der Waals surface area contributed by atoms with Crippen molar-refractivity contribution in [3.8, 4) is 0 Å². The first-order valence-corrected chi connectivity index (χ1v) is 12.2. The van der Waals surface area contributed by atoms with Gasteiger partial charge >= 0.3 is 0 Å². The van der Waals surface area contributed by atoms with Crippen LogP contribution in [0.2, 0.25) is 0 Å². The summed E-state index contributed by atoms with van der Waals surface area (Å²) in [7, 11) is -3.56. The summed E-state index contributed by atoms with van der Waals surface area (Å²) >= 11 is 0. The van der Waals surface area contributed by atoms with Crippen LogP contribution in [-0.2, 0) is 23.0 Å². The normalized spacial score (nSPS) is 17.2. The molecule has 1 atom stereocenters. The molecule has 3 aromatic rings. The molecular weight excluding hydrogens is 426 g/mol. The zero-order valence-electron chi connectivity index (χ0n) is 18.0. The molecule has 0 radical (unpaired) electrons. The molecule has 32 heavy (non-hydrogen) atoms. The van der Waals surface area contributed by atoms with Crippen LogP contribution in [-0.4, -0.2) is 46.0 Å². The summed E-state index contributed by atoms with van der Waals surface area (Å²) in [4.78, 5) is 16.8. The number of aromatic nitrogens is 3. The highest BCUT2D eigenvalue weighted by molar-refractivity contribution is 7.89. The van der Waals surface area contributed by atoms with Gasteiger partial charge in [-0.3, -0.25) is 14.5 Å². The molecule has 0 aliphatic carbocycles. The van der Waals surface area contributed by atoms with Gasteiger partial charge in [0.25, 0.3) is 5.91 Å². The zero-order valence-corrected chi connectivity index (χ0v) is 18.8. The topological polar surface area (TPSA) is 97.2 Å². The van der Waals surface area contributed by atoms with Gasteiger partial charge < -0.3 is 5.32 Å². The average molecular weight is 454 g/mol. The molecule has 168 valence electrons. The van der Waals surface area contributed by atoms with Crippen molar-refractivity contribution in [2.75, 3.05) is 11.9 Å². The van der Waals surface area contributed by atoms with E-state index < -0.39 is 10.0 Å². The maximum Gasteiger partial charge on any atom is 0.256 e. The molecule has 0 spiro atoms. The van der Waals surface area contributed by atoms with Gasteiger partial charge in [-0.1, -0.05) is 6.42 Å². The van der Waals surface area contributed by atoms with Crippen molar-refractivity contribution in [2.45, 2.75) is 50.1 Å². The van der Waals surface area contributed by atoms with Crippen LogP contribution >= 0.6 is 0 Å². The number of pyridine rings is 1. The van der Waals surface area contributed by atoms with Crippen molar-refractivity contribution in [1.82, 2.24) is 19.1 Å². The van der Waals surface area contributed by atoms with E-state index in [2.05, 4.69) is 15.4 Å². The van der Waals surface area contributed by atoms with E-state index in [1.165, 1.54) is 24.3 Å². The number of hydrogen-bond donors (Lipinski definition) is 1. The van der Waals surface area contributed by atoms with Gasteiger partial charge in [0.1, 0.15) is 0 Å². The Labute approximate surface area is 188 Å². The van der Waals surface area contributed by atoms with Crippen LogP contribution < -0.4 is 5.32 Å². The minimum Gasteiger partial charge on any atom is -0.305 e.